The molecular formula is C26H34N6O7. The van der Waals surface area contributed by atoms with Gasteiger partial charge in [0.1, 0.15) is 11.7 Å². The number of likely N-dealkylation sites (N-methyl/N-ethyl adjacent to an activating group) is 1. The molecular weight excluding hydrogens is 508 g/mol. The van der Waals surface area contributed by atoms with Gasteiger partial charge in [-0.3, -0.25) is 29.5 Å². The van der Waals surface area contributed by atoms with E-state index in [0.29, 0.717) is 24.5 Å². The maximum Gasteiger partial charge on any atom is 0.326 e. The second kappa shape index (κ2) is 11.5. The molecule has 1 aliphatic rings. The molecule has 0 aliphatic carbocycles. The van der Waals surface area contributed by atoms with Crippen LogP contribution in [-0.2, 0) is 14.4 Å². The maximum atomic E-state index is 12.8. The van der Waals surface area contributed by atoms with E-state index in [-0.39, 0.29) is 41.9 Å². The minimum Gasteiger partial charge on any atom is -0.481 e. The summed E-state index contributed by atoms with van der Waals surface area (Å²) >= 11 is 0. The zero-order chi connectivity index (χ0) is 29.1. The van der Waals surface area contributed by atoms with Crippen LogP contribution in [0.15, 0.2) is 29.1 Å². The second-order valence-corrected chi connectivity index (χ2v) is 10.6. The van der Waals surface area contributed by atoms with Crippen LogP contribution in [0.4, 0.5) is 17.3 Å². The number of aromatic amines is 1. The van der Waals surface area contributed by atoms with Gasteiger partial charge in [-0.25, -0.2) is 9.78 Å². The molecule has 0 bridgehead atoms. The van der Waals surface area contributed by atoms with Crippen molar-refractivity contribution in [2.75, 3.05) is 35.3 Å². The molecule has 0 saturated carbocycles. The topological polar surface area (TPSA) is 185 Å². The van der Waals surface area contributed by atoms with Gasteiger partial charge in [0.2, 0.25) is 11.9 Å². The monoisotopic (exact) mass is 542 g/mol. The highest BCUT2D eigenvalue weighted by Crippen LogP contribution is 2.29. The number of hydrogen-bond donors (Lipinski definition) is 5. The van der Waals surface area contributed by atoms with E-state index in [0.717, 1.165) is 5.69 Å². The van der Waals surface area contributed by atoms with E-state index in [4.69, 9.17) is 5.11 Å². The summed E-state index contributed by atoms with van der Waals surface area (Å²) in [5.74, 6) is -3.21. The minimum atomic E-state index is -1.30. The van der Waals surface area contributed by atoms with E-state index in [1.165, 1.54) is 0 Å². The maximum absolute atomic E-state index is 12.8. The predicted octanol–water partition coefficient (Wildman–Crippen LogP) is 1.44. The Balaban J connectivity index is 1.60. The van der Waals surface area contributed by atoms with Gasteiger partial charge in [0.05, 0.1) is 11.7 Å². The van der Waals surface area contributed by atoms with Crippen LogP contribution in [-0.4, -0.2) is 76.2 Å². The number of rotatable bonds is 11. The van der Waals surface area contributed by atoms with Crippen LogP contribution in [0, 0.1) is 12.3 Å². The lowest BCUT2D eigenvalue weighted by atomic mass is 9.96. The minimum absolute atomic E-state index is 0.0557. The van der Waals surface area contributed by atoms with Gasteiger partial charge < -0.3 is 25.3 Å². The summed E-state index contributed by atoms with van der Waals surface area (Å²) in [4.78, 5) is 70.4. The number of nitrogens with one attached hydrogen (secondary N) is 3. The first kappa shape index (κ1) is 29.1. The lowest BCUT2D eigenvalue weighted by Gasteiger charge is -2.20. The number of carboxylic acids is 2. The number of aryl methyl sites for hydroxylation is 1. The van der Waals surface area contributed by atoms with Crippen molar-refractivity contribution in [3.8, 4) is 0 Å². The largest absolute Gasteiger partial charge is 0.481 e. The van der Waals surface area contributed by atoms with Crippen molar-refractivity contribution >= 4 is 41.1 Å². The molecule has 39 heavy (non-hydrogen) atoms. The molecule has 13 heteroatoms. The molecule has 0 spiro atoms. The van der Waals surface area contributed by atoms with E-state index in [1.54, 1.807) is 52.0 Å². The van der Waals surface area contributed by atoms with E-state index in [1.807, 2.05) is 16.8 Å². The second-order valence-electron chi connectivity index (χ2n) is 10.6. The van der Waals surface area contributed by atoms with Gasteiger partial charge in [0, 0.05) is 43.2 Å². The number of carbonyl (C=O) groups excluding carboxylic acids is 2. The number of aromatic nitrogens is 2. The normalized spacial score (nSPS) is 15.3. The van der Waals surface area contributed by atoms with E-state index < -0.39 is 29.3 Å². The van der Waals surface area contributed by atoms with Gasteiger partial charge in [-0.05, 0) is 37.6 Å². The fourth-order valence-electron chi connectivity index (χ4n) is 3.94. The number of carbonyl (C=O) groups is 4. The van der Waals surface area contributed by atoms with Crippen LogP contribution < -0.4 is 26.0 Å². The molecule has 2 amide bonds. The van der Waals surface area contributed by atoms with Crippen LogP contribution in [0.1, 0.15) is 49.7 Å². The SMILES string of the molecule is Cc1nc(NC(=O)C(C)(C)C)[nH]c(=O)c1N1CC1CN(C)c1ccc(C(=O)NC(CCC(=O)O)C(=O)O)cc1. The lowest BCUT2D eigenvalue weighted by Crippen LogP contribution is -2.41. The predicted molar refractivity (Wildman–Crippen MR) is 144 cm³/mol. The van der Waals surface area contributed by atoms with Crippen molar-refractivity contribution in [1.82, 2.24) is 15.3 Å². The van der Waals surface area contributed by atoms with E-state index in [2.05, 4.69) is 20.6 Å². The number of hydrogen-bond acceptors (Lipinski definition) is 8. The molecule has 3 rings (SSSR count). The van der Waals surface area contributed by atoms with Gasteiger partial charge in [-0.2, -0.15) is 0 Å². The summed E-state index contributed by atoms with van der Waals surface area (Å²) in [6.45, 7) is 8.25. The summed E-state index contributed by atoms with van der Waals surface area (Å²) < 4.78 is 0. The van der Waals surface area contributed by atoms with Crippen molar-refractivity contribution in [2.24, 2.45) is 5.41 Å². The van der Waals surface area contributed by atoms with Crippen molar-refractivity contribution in [1.29, 1.82) is 0 Å². The molecule has 5 N–H and O–H groups in total. The first-order valence-corrected chi connectivity index (χ1v) is 12.4. The average molecular weight is 543 g/mol. The molecule has 2 heterocycles. The Kier molecular flexibility index (Phi) is 8.62. The average Bonchev–Trinajstić information content (AvgIpc) is 3.58. The Morgan fingerprint density at radius 3 is 2.36 bits per heavy atom. The number of anilines is 3. The summed E-state index contributed by atoms with van der Waals surface area (Å²) in [5.41, 5.74) is 1.04. The van der Waals surface area contributed by atoms with Crippen molar-refractivity contribution in [3.63, 3.8) is 0 Å². The van der Waals surface area contributed by atoms with Crippen LogP contribution in [0.3, 0.4) is 0 Å². The molecule has 2 aromatic rings. The van der Waals surface area contributed by atoms with Crippen molar-refractivity contribution < 1.29 is 29.4 Å². The molecule has 1 saturated heterocycles. The summed E-state index contributed by atoms with van der Waals surface area (Å²) in [5, 5.41) is 23.0. The Hall–Kier alpha value is -4.42. The number of amides is 2. The van der Waals surface area contributed by atoms with E-state index >= 15 is 0 Å². The summed E-state index contributed by atoms with van der Waals surface area (Å²) in [7, 11) is 1.87. The Morgan fingerprint density at radius 1 is 1.18 bits per heavy atom. The standard InChI is InChI=1S/C26H34N6O7/c1-14-20(22(36)29-25(27-14)30-24(39)26(2,3)4)32-13-17(32)12-31(5)16-8-6-15(7-9-16)21(35)28-18(23(37)38)10-11-19(33)34/h6-9,17-18H,10-13H2,1-5H3,(H,28,35)(H,33,34)(H,37,38)(H2,27,29,30,36,39). The number of aliphatic carboxylic acids is 2. The molecule has 1 fully saturated rings. The summed E-state index contributed by atoms with van der Waals surface area (Å²) in [6.07, 6.45) is -0.597. The van der Waals surface area contributed by atoms with Crippen LogP contribution >= 0.6 is 0 Å². The molecule has 1 aromatic heterocycles. The van der Waals surface area contributed by atoms with E-state index in [9.17, 15) is 29.1 Å². The molecule has 1 aromatic carbocycles. The zero-order valence-electron chi connectivity index (χ0n) is 22.6. The lowest BCUT2D eigenvalue weighted by molar-refractivity contribution is -0.140. The molecule has 210 valence electrons. The van der Waals surface area contributed by atoms with Crippen molar-refractivity contribution in [3.05, 3.63) is 45.9 Å². The highest BCUT2D eigenvalue weighted by atomic mass is 16.4. The van der Waals surface area contributed by atoms with Gasteiger partial charge in [-0.1, -0.05) is 20.8 Å². The Labute approximate surface area is 225 Å². The van der Waals surface area contributed by atoms with Gasteiger partial charge in [-0.15, -0.1) is 0 Å². The number of nitrogens with zero attached hydrogens (tertiary/aromatic N) is 3. The fourth-order valence-corrected chi connectivity index (χ4v) is 3.94. The van der Waals surface area contributed by atoms with Crippen molar-refractivity contribution in [2.45, 2.75) is 52.6 Å². The van der Waals surface area contributed by atoms with Gasteiger partial charge in [0.25, 0.3) is 11.5 Å². The fraction of sp³-hybridized carbons (Fsp3) is 0.462. The van der Waals surface area contributed by atoms with Gasteiger partial charge in [0.15, 0.2) is 0 Å². The Morgan fingerprint density at radius 2 is 1.82 bits per heavy atom. The Bertz CT molecular complexity index is 1320. The third-order valence-electron chi connectivity index (χ3n) is 6.29. The highest BCUT2D eigenvalue weighted by molar-refractivity contribution is 5.97. The smallest absolute Gasteiger partial charge is 0.326 e. The van der Waals surface area contributed by atoms with Crippen LogP contribution in [0.25, 0.3) is 0 Å². The summed E-state index contributed by atoms with van der Waals surface area (Å²) in [6, 6.07) is 5.32. The molecule has 0 radical (unpaired) electrons. The first-order chi connectivity index (χ1) is 18.2. The first-order valence-electron chi connectivity index (χ1n) is 12.4. The quantitative estimate of drug-likeness (QED) is 0.260. The molecule has 13 nitrogen and oxygen atoms in total. The number of benzene rings is 1. The number of carboxylic acid groups (broad SMARTS) is 2. The van der Waals surface area contributed by atoms with Crippen LogP contribution in [0.5, 0.6) is 0 Å². The van der Waals surface area contributed by atoms with Gasteiger partial charge >= 0.3 is 11.9 Å². The molecule has 2 unspecified atom stereocenters. The third-order valence-corrected chi connectivity index (χ3v) is 6.29. The molecule has 2 atom stereocenters. The molecule has 1 aliphatic heterocycles. The zero-order valence-corrected chi connectivity index (χ0v) is 22.6. The third kappa shape index (κ3) is 7.55. The number of H-pyrrole nitrogens is 1. The highest BCUT2D eigenvalue weighted by Gasteiger charge is 2.38. The van der Waals surface area contributed by atoms with Crippen LogP contribution in [0.2, 0.25) is 0 Å².